The lowest BCUT2D eigenvalue weighted by atomic mass is 10.3. The van der Waals surface area contributed by atoms with Crippen LogP contribution >= 0.6 is 0 Å². The van der Waals surface area contributed by atoms with Crippen LogP contribution in [0.3, 0.4) is 0 Å². The molecule has 2 aromatic rings. The third kappa shape index (κ3) is 0.988. The maximum absolute atomic E-state index is 4.44. The molecule has 0 saturated carbocycles. The molecular weight excluding hydrogens is 174 g/mol. The van der Waals surface area contributed by atoms with Crippen LogP contribution in [0, 0.1) is 0 Å². The molecule has 0 spiro atoms. The van der Waals surface area contributed by atoms with E-state index < -0.39 is 0 Å². The summed E-state index contributed by atoms with van der Waals surface area (Å²) in [4.78, 5) is 8.70. The fourth-order valence-electron chi connectivity index (χ4n) is 1.68. The quantitative estimate of drug-likeness (QED) is 0.616. The van der Waals surface area contributed by atoms with E-state index in [2.05, 4.69) is 26.7 Å². The predicted molar refractivity (Wildman–Crippen MR) is 57.0 cm³/mol. The topological polar surface area (TPSA) is 30.2 Å². The average molecular weight is 183 g/mol. The Labute approximate surface area is 81.4 Å². The molecule has 14 heavy (non-hydrogen) atoms. The minimum Gasteiger partial charge on any atom is -0.305 e. The predicted octanol–water partition coefficient (Wildman–Crippen LogP) is 2.31. The molecule has 3 rings (SSSR count). The van der Waals surface area contributed by atoms with Crippen molar-refractivity contribution < 1.29 is 0 Å². The van der Waals surface area contributed by atoms with Gasteiger partial charge in [-0.25, -0.2) is 9.98 Å². The first-order valence-corrected chi connectivity index (χ1v) is 4.59. The van der Waals surface area contributed by atoms with Gasteiger partial charge < -0.3 is 4.57 Å². The van der Waals surface area contributed by atoms with Gasteiger partial charge in [0.1, 0.15) is 0 Å². The number of hydrogen-bond donors (Lipinski definition) is 0. The van der Waals surface area contributed by atoms with E-state index >= 15 is 0 Å². The van der Waals surface area contributed by atoms with Crippen molar-refractivity contribution in [2.75, 3.05) is 0 Å². The highest BCUT2D eigenvalue weighted by Crippen LogP contribution is 2.22. The highest BCUT2D eigenvalue weighted by atomic mass is 15.2. The maximum Gasteiger partial charge on any atom is 0.230 e. The van der Waals surface area contributed by atoms with Crippen molar-refractivity contribution in [3.8, 4) is 0 Å². The summed E-state index contributed by atoms with van der Waals surface area (Å²) in [5, 5.41) is 0. The van der Waals surface area contributed by atoms with Crippen LogP contribution in [0.25, 0.3) is 11.0 Å². The first kappa shape index (κ1) is 7.50. The van der Waals surface area contributed by atoms with Crippen LogP contribution in [0.1, 0.15) is 0 Å². The van der Waals surface area contributed by atoms with Crippen LogP contribution < -0.4 is 0 Å². The number of para-hydroxylation sites is 2. The molecule has 3 heteroatoms. The van der Waals surface area contributed by atoms with Gasteiger partial charge in [0.15, 0.2) is 0 Å². The number of allylic oxidation sites excluding steroid dienone is 2. The monoisotopic (exact) mass is 183 g/mol. The van der Waals surface area contributed by atoms with Gasteiger partial charge in [-0.3, -0.25) is 0 Å². The minimum atomic E-state index is 0.788. The summed E-state index contributed by atoms with van der Waals surface area (Å²) in [7, 11) is 0. The summed E-state index contributed by atoms with van der Waals surface area (Å²) < 4.78 is 2.11. The Morgan fingerprint density at radius 2 is 2.14 bits per heavy atom. The van der Waals surface area contributed by atoms with Crippen molar-refractivity contribution in [2.45, 2.75) is 6.54 Å². The van der Waals surface area contributed by atoms with E-state index in [4.69, 9.17) is 0 Å². The van der Waals surface area contributed by atoms with Gasteiger partial charge in [0, 0.05) is 12.8 Å². The second-order valence-electron chi connectivity index (χ2n) is 3.22. The molecule has 0 aliphatic carbocycles. The molecule has 3 nitrogen and oxygen atoms in total. The molecular formula is C11H9N3. The Bertz CT molecular complexity index is 534. The highest BCUT2D eigenvalue weighted by Gasteiger charge is 2.08. The third-order valence-electron chi connectivity index (χ3n) is 2.33. The first-order valence-electron chi connectivity index (χ1n) is 4.59. The molecule has 2 heterocycles. The Morgan fingerprint density at radius 1 is 1.21 bits per heavy atom. The molecule has 0 unspecified atom stereocenters. The summed E-state index contributed by atoms with van der Waals surface area (Å²) in [6, 6.07) is 8.10. The van der Waals surface area contributed by atoms with E-state index in [1.807, 2.05) is 24.3 Å². The molecule has 0 fully saturated rings. The van der Waals surface area contributed by atoms with Gasteiger partial charge in [-0.05, 0) is 18.2 Å². The van der Waals surface area contributed by atoms with Crippen molar-refractivity contribution in [3.05, 3.63) is 36.4 Å². The summed E-state index contributed by atoms with van der Waals surface area (Å²) in [5.41, 5.74) is 2.15. The maximum atomic E-state index is 4.44. The van der Waals surface area contributed by atoms with Gasteiger partial charge in [-0.15, -0.1) is 0 Å². The second kappa shape index (κ2) is 2.80. The van der Waals surface area contributed by atoms with Crippen molar-refractivity contribution >= 4 is 23.2 Å². The van der Waals surface area contributed by atoms with E-state index in [0.29, 0.717) is 0 Å². The zero-order valence-electron chi connectivity index (χ0n) is 7.59. The van der Waals surface area contributed by atoms with Gasteiger partial charge in [0.2, 0.25) is 5.95 Å². The number of imidazole rings is 1. The normalized spacial score (nSPS) is 14.3. The number of nitrogens with zero attached hydrogens (tertiary/aromatic N) is 3. The Hall–Kier alpha value is -1.90. The molecule has 0 bridgehead atoms. The lowest BCUT2D eigenvalue weighted by Gasteiger charge is -1.99. The van der Waals surface area contributed by atoms with Gasteiger partial charge in [-0.1, -0.05) is 18.2 Å². The van der Waals surface area contributed by atoms with E-state index in [1.165, 1.54) is 0 Å². The van der Waals surface area contributed by atoms with Gasteiger partial charge in [0.05, 0.1) is 11.0 Å². The Kier molecular flexibility index (Phi) is 1.50. The van der Waals surface area contributed by atoms with Crippen LogP contribution in [-0.2, 0) is 6.54 Å². The van der Waals surface area contributed by atoms with Crippen LogP contribution in [-0.4, -0.2) is 15.8 Å². The third-order valence-corrected chi connectivity index (χ3v) is 2.33. The largest absolute Gasteiger partial charge is 0.305 e. The van der Waals surface area contributed by atoms with Gasteiger partial charge in [-0.2, -0.15) is 0 Å². The number of hydrogen-bond acceptors (Lipinski definition) is 2. The standard InChI is InChI=1S/C11H9N3/c1-2-6-10-9(5-1)13-11-12-7-3-4-8-14(10)11/h1-7H,8H2. The molecule has 0 radical (unpaired) electrons. The van der Waals surface area contributed by atoms with E-state index in [-0.39, 0.29) is 0 Å². The lowest BCUT2D eigenvalue weighted by Crippen LogP contribution is -1.92. The van der Waals surface area contributed by atoms with Gasteiger partial charge >= 0.3 is 0 Å². The molecule has 0 atom stereocenters. The summed E-state index contributed by atoms with van der Waals surface area (Å²) in [5.74, 6) is 0.788. The summed E-state index contributed by atoms with van der Waals surface area (Å²) in [6.45, 7) is 0.843. The first-order chi connectivity index (χ1) is 6.95. The number of rotatable bonds is 0. The number of aliphatic imine (C=N–C) groups is 1. The second-order valence-corrected chi connectivity index (χ2v) is 3.22. The van der Waals surface area contributed by atoms with Crippen LogP contribution in [0.4, 0.5) is 5.95 Å². The molecule has 68 valence electrons. The highest BCUT2D eigenvalue weighted by molar-refractivity contribution is 5.81. The summed E-state index contributed by atoms with van der Waals surface area (Å²) in [6.07, 6.45) is 5.81. The Balaban J connectivity index is 2.37. The molecule has 0 N–H and O–H groups in total. The molecule has 1 aromatic carbocycles. The SMILES string of the molecule is C1=CCn2c(nc3ccccc32)N=C1. The fourth-order valence-corrected chi connectivity index (χ4v) is 1.68. The Morgan fingerprint density at radius 3 is 3.14 bits per heavy atom. The van der Waals surface area contributed by atoms with Gasteiger partial charge in [0.25, 0.3) is 0 Å². The molecule has 0 amide bonds. The van der Waals surface area contributed by atoms with E-state index in [1.54, 1.807) is 6.21 Å². The summed E-state index contributed by atoms with van der Waals surface area (Å²) >= 11 is 0. The van der Waals surface area contributed by atoms with Crippen molar-refractivity contribution in [3.63, 3.8) is 0 Å². The zero-order valence-corrected chi connectivity index (χ0v) is 7.59. The zero-order chi connectivity index (χ0) is 9.38. The minimum absolute atomic E-state index is 0.788. The number of fused-ring (bicyclic) bond motifs is 3. The van der Waals surface area contributed by atoms with Crippen LogP contribution in [0.15, 0.2) is 41.4 Å². The smallest absolute Gasteiger partial charge is 0.230 e. The molecule has 0 saturated heterocycles. The average Bonchev–Trinajstić information content (AvgIpc) is 2.42. The number of aromatic nitrogens is 2. The van der Waals surface area contributed by atoms with E-state index in [0.717, 1.165) is 23.5 Å². The van der Waals surface area contributed by atoms with Crippen molar-refractivity contribution in [2.24, 2.45) is 4.99 Å². The fraction of sp³-hybridized carbons (Fsp3) is 0.0909. The van der Waals surface area contributed by atoms with Crippen LogP contribution in [0.5, 0.6) is 0 Å². The molecule has 1 aliphatic heterocycles. The van der Waals surface area contributed by atoms with Crippen molar-refractivity contribution in [1.29, 1.82) is 0 Å². The van der Waals surface area contributed by atoms with Crippen LogP contribution in [0.2, 0.25) is 0 Å². The molecule has 1 aliphatic rings. The van der Waals surface area contributed by atoms with Crippen molar-refractivity contribution in [1.82, 2.24) is 9.55 Å². The van der Waals surface area contributed by atoms with E-state index in [9.17, 15) is 0 Å². The number of benzene rings is 1. The lowest BCUT2D eigenvalue weighted by molar-refractivity contribution is 0.856. The molecule has 1 aromatic heterocycles.